The molecule has 1 aromatic heterocycles. The molecule has 0 radical (unpaired) electrons. The summed E-state index contributed by atoms with van der Waals surface area (Å²) in [7, 11) is 0. The van der Waals surface area contributed by atoms with E-state index in [-0.39, 0.29) is 5.75 Å². The van der Waals surface area contributed by atoms with E-state index in [4.69, 9.17) is 14.6 Å². The molecular weight excluding hydrogens is 230 g/mol. The Bertz CT molecular complexity index is 470. The van der Waals surface area contributed by atoms with Gasteiger partial charge in [-0.2, -0.15) is 0 Å². The van der Waals surface area contributed by atoms with E-state index in [0.29, 0.717) is 12.5 Å². The van der Waals surface area contributed by atoms with E-state index in [1.54, 1.807) is 13.0 Å². The number of aromatic hydroxyl groups is 1. The first kappa shape index (κ1) is 12.4. The highest BCUT2D eigenvalue weighted by Gasteiger charge is 2.05. The third-order valence-electron chi connectivity index (χ3n) is 2.33. The molecule has 0 fully saturated rings. The molecule has 1 atom stereocenters. The highest BCUT2D eigenvalue weighted by atomic mass is 16.7. The van der Waals surface area contributed by atoms with Gasteiger partial charge in [-0.25, -0.2) is 4.98 Å². The number of rotatable bonds is 5. The Morgan fingerprint density at radius 3 is 2.61 bits per heavy atom. The Labute approximate surface area is 106 Å². The van der Waals surface area contributed by atoms with Crippen LogP contribution in [-0.4, -0.2) is 16.4 Å². The Morgan fingerprint density at radius 1 is 1.17 bits per heavy atom. The average Bonchev–Trinajstić information content (AvgIpc) is 2.40. The van der Waals surface area contributed by atoms with E-state index in [1.165, 1.54) is 12.3 Å². The standard InChI is InChI=1S/C14H15NO3/c1-11(17-10-12-5-3-2-4-6-12)18-14-8-7-13(16)9-15-14/h2-9,11,16H,10H2,1H3. The first-order valence-electron chi connectivity index (χ1n) is 5.71. The Morgan fingerprint density at radius 2 is 1.94 bits per heavy atom. The fourth-order valence-electron chi connectivity index (χ4n) is 1.43. The van der Waals surface area contributed by atoms with E-state index in [0.717, 1.165) is 5.56 Å². The summed E-state index contributed by atoms with van der Waals surface area (Å²) >= 11 is 0. The maximum Gasteiger partial charge on any atom is 0.215 e. The van der Waals surface area contributed by atoms with Crippen LogP contribution in [0, 0.1) is 0 Å². The molecule has 94 valence electrons. The molecule has 1 heterocycles. The number of pyridine rings is 1. The van der Waals surface area contributed by atoms with Crippen LogP contribution in [0.3, 0.4) is 0 Å². The van der Waals surface area contributed by atoms with Crippen molar-refractivity contribution >= 4 is 0 Å². The number of nitrogens with zero attached hydrogens (tertiary/aromatic N) is 1. The highest BCUT2D eigenvalue weighted by Crippen LogP contribution is 2.14. The van der Waals surface area contributed by atoms with Gasteiger partial charge in [0.25, 0.3) is 0 Å². The minimum Gasteiger partial charge on any atom is -0.506 e. The van der Waals surface area contributed by atoms with Gasteiger partial charge >= 0.3 is 0 Å². The normalized spacial score (nSPS) is 12.1. The first-order valence-corrected chi connectivity index (χ1v) is 5.71. The summed E-state index contributed by atoms with van der Waals surface area (Å²) in [6.45, 7) is 2.29. The number of hydrogen-bond acceptors (Lipinski definition) is 4. The van der Waals surface area contributed by atoms with E-state index < -0.39 is 6.29 Å². The minimum atomic E-state index is -0.401. The lowest BCUT2D eigenvalue weighted by Gasteiger charge is -2.14. The second-order valence-corrected chi connectivity index (χ2v) is 3.84. The van der Waals surface area contributed by atoms with Crippen LogP contribution in [0.25, 0.3) is 0 Å². The third kappa shape index (κ3) is 3.75. The molecule has 2 aromatic rings. The third-order valence-corrected chi connectivity index (χ3v) is 2.33. The molecule has 0 aliphatic carbocycles. The molecule has 0 aliphatic heterocycles. The number of benzene rings is 1. The summed E-state index contributed by atoms with van der Waals surface area (Å²) in [4.78, 5) is 3.92. The molecule has 1 aromatic carbocycles. The summed E-state index contributed by atoms with van der Waals surface area (Å²) in [6, 6.07) is 13.0. The van der Waals surface area contributed by atoms with Crippen LogP contribution in [0.5, 0.6) is 11.6 Å². The Balaban J connectivity index is 1.82. The van der Waals surface area contributed by atoms with Gasteiger partial charge in [-0.05, 0) is 18.6 Å². The second kappa shape index (κ2) is 6.02. The quantitative estimate of drug-likeness (QED) is 0.823. The maximum atomic E-state index is 9.09. The van der Waals surface area contributed by atoms with E-state index in [2.05, 4.69) is 4.98 Å². The fourth-order valence-corrected chi connectivity index (χ4v) is 1.43. The molecule has 0 saturated heterocycles. The van der Waals surface area contributed by atoms with Gasteiger partial charge in [-0.15, -0.1) is 0 Å². The summed E-state index contributed by atoms with van der Waals surface area (Å²) in [5, 5.41) is 9.09. The van der Waals surface area contributed by atoms with Crippen LogP contribution in [0.15, 0.2) is 48.7 Å². The van der Waals surface area contributed by atoms with Crippen molar-refractivity contribution in [2.75, 3.05) is 0 Å². The van der Waals surface area contributed by atoms with Gasteiger partial charge in [0, 0.05) is 6.07 Å². The van der Waals surface area contributed by atoms with Gasteiger partial charge in [0.2, 0.25) is 5.88 Å². The van der Waals surface area contributed by atoms with Crippen molar-refractivity contribution in [1.29, 1.82) is 0 Å². The summed E-state index contributed by atoms with van der Waals surface area (Å²) in [5.74, 6) is 0.536. The molecule has 0 amide bonds. The molecule has 18 heavy (non-hydrogen) atoms. The van der Waals surface area contributed by atoms with Gasteiger partial charge in [-0.1, -0.05) is 30.3 Å². The Hall–Kier alpha value is -2.07. The van der Waals surface area contributed by atoms with E-state index in [9.17, 15) is 0 Å². The smallest absolute Gasteiger partial charge is 0.215 e. The average molecular weight is 245 g/mol. The van der Waals surface area contributed by atoms with E-state index in [1.807, 2.05) is 30.3 Å². The maximum absolute atomic E-state index is 9.09. The first-order chi connectivity index (χ1) is 8.74. The number of ether oxygens (including phenoxy) is 2. The summed E-state index contributed by atoms with van der Waals surface area (Å²) in [6.07, 6.45) is 0.932. The monoisotopic (exact) mass is 245 g/mol. The lowest BCUT2D eigenvalue weighted by atomic mass is 10.2. The molecular formula is C14H15NO3. The van der Waals surface area contributed by atoms with Crippen LogP contribution in [0.2, 0.25) is 0 Å². The van der Waals surface area contributed by atoms with Crippen molar-refractivity contribution in [2.24, 2.45) is 0 Å². The molecule has 1 N–H and O–H groups in total. The van der Waals surface area contributed by atoms with Crippen LogP contribution >= 0.6 is 0 Å². The van der Waals surface area contributed by atoms with Gasteiger partial charge in [0.1, 0.15) is 5.75 Å². The van der Waals surface area contributed by atoms with Crippen molar-refractivity contribution in [3.63, 3.8) is 0 Å². The predicted octanol–water partition coefficient (Wildman–Crippen LogP) is 2.73. The Kier molecular flexibility index (Phi) is 4.15. The molecule has 4 heteroatoms. The van der Waals surface area contributed by atoms with Gasteiger partial charge in [0.15, 0.2) is 6.29 Å². The topological polar surface area (TPSA) is 51.6 Å². The molecule has 1 unspecified atom stereocenters. The van der Waals surface area contributed by atoms with E-state index >= 15 is 0 Å². The van der Waals surface area contributed by atoms with Crippen molar-refractivity contribution < 1.29 is 14.6 Å². The van der Waals surface area contributed by atoms with Crippen LogP contribution in [0.4, 0.5) is 0 Å². The lowest BCUT2D eigenvalue weighted by Crippen LogP contribution is -2.16. The SMILES string of the molecule is CC(OCc1ccccc1)Oc1ccc(O)cn1. The molecule has 0 aliphatic rings. The predicted molar refractivity (Wildman–Crippen MR) is 67.2 cm³/mol. The van der Waals surface area contributed by atoms with Crippen LogP contribution in [0.1, 0.15) is 12.5 Å². The van der Waals surface area contributed by atoms with Gasteiger partial charge in [0.05, 0.1) is 12.8 Å². The van der Waals surface area contributed by atoms with Gasteiger partial charge in [-0.3, -0.25) is 0 Å². The zero-order valence-corrected chi connectivity index (χ0v) is 10.1. The number of aromatic nitrogens is 1. The second-order valence-electron chi connectivity index (χ2n) is 3.84. The highest BCUT2D eigenvalue weighted by molar-refractivity contribution is 5.21. The van der Waals surface area contributed by atoms with Crippen molar-refractivity contribution in [2.45, 2.75) is 19.8 Å². The molecule has 0 bridgehead atoms. The molecule has 0 saturated carbocycles. The number of hydrogen-bond donors (Lipinski definition) is 1. The molecule has 4 nitrogen and oxygen atoms in total. The molecule has 2 rings (SSSR count). The lowest BCUT2D eigenvalue weighted by molar-refractivity contribution is -0.0781. The largest absolute Gasteiger partial charge is 0.506 e. The summed E-state index contributed by atoms with van der Waals surface area (Å²) < 4.78 is 11.0. The van der Waals surface area contributed by atoms with Crippen LogP contribution in [-0.2, 0) is 11.3 Å². The van der Waals surface area contributed by atoms with Crippen molar-refractivity contribution in [1.82, 2.24) is 4.98 Å². The minimum absolute atomic E-state index is 0.111. The van der Waals surface area contributed by atoms with Gasteiger partial charge < -0.3 is 14.6 Å². The zero-order valence-electron chi connectivity index (χ0n) is 10.1. The van der Waals surface area contributed by atoms with Crippen molar-refractivity contribution in [3.05, 3.63) is 54.2 Å². The summed E-state index contributed by atoms with van der Waals surface area (Å²) in [5.41, 5.74) is 1.09. The van der Waals surface area contributed by atoms with Crippen LogP contribution < -0.4 is 4.74 Å². The fraction of sp³-hybridized carbons (Fsp3) is 0.214. The zero-order chi connectivity index (χ0) is 12.8. The van der Waals surface area contributed by atoms with Crippen molar-refractivity contribution in [3.8, 4) is 11.6 Å². The molecule has 0 spiro atoms.